The zero-order chi connectivity index (χ0) is 15.5. The highest BCUT2D eigenvalue weighted by Gasteiger charge is 2.34. The van der Waals surface area contributed by atoms with Gasteiger partial charge in [0.05, 0.1) is 5.69 Å². The van der Waals surface area contributed by atoms with Crippen molar-refractivity contribution in [3.63, 3.8) is 0 Å². The van der Waals surface area contributed by atoms with Gasteiger partial charge in [0.2, 0.25) is 0 Å². The molecule has 1 saturated heterocycles. The predicted molar refractivity (Wildman–Crippen MR) is 92.1 cm³/mol. The number of anilines is 1. The smallest absolute Gasteiger partial charge is 0.186 e. The lowest BCUT2D eigenvalue weighted by Gasteiger charge is -2.34. The van der Waals surface area contributed by atoms with E-state index in [0.29, 0.717) is 5.75 Å². The van der Waals surface area contributed by atoms with Crippen LogP contribution < -0.4 is 10.2 Å². The lowest BCUT2D eigenvalue weighted by Crippen LogP contribution is -2.48. The van der Waals surface area contributed by atoms with Crippen molar-refractivity contribution in [2.45, 2.75) is 32.2 Å². The van der Waals surface area contributed by atoms with Crippen LogP contribution in [0.4, 0.5) is 5.13 Å². The highest BCUT2D eigenvalue weighted by atomic mass is 32.2. The molecule has 0 bridgehead atoms. The minimum Gasteiger partial charge on any atom is -0.329 e. The maximum Gasteiger partial charge on any atom is 0.186 e. The summed E-state index contributed by atoms with van der Waals surface area (Å²) in [6.07, 6.45) is 0. The molecule has 1 aliphatic heterocycles. The van der Waals surface area contributed by atoms with Crippen molar-refractivity contribution < 1.29 is 8.42 Å². The molecule has 2 rings (SSSR count). The van der Waals surface area contributed by atoms with Gasteiger partial charge >= 0.3 is 0 Å². The third kappa shape index (κ3) is 3.91. The van der Waals surface area contributed by atoms with Gasteiger partial charge in [0.15, 0.2) is 15.0 Å². The van der Waals surface area contributed by atoms with Crippen LogP contribution in [0.25, 0.3) is 0 Å². The first kappa shape index (κ1) is 17.1. The molecule has 5 nitrogen and oxygen atoms in total. The van der Waals surface area contributed by atoms with E-state index in [2.05, 4.69) is 24.1 Å². The second-order valence-electron chi connectivity index (χ2n) is 5.01. The summed E-state index contributed by atoms with van der Waals surface area (Å²) in [5.74, 6) is 1.77. The van der Waals surface area contributed by atoms with Gasteiger partial charge in [-0.2, -0.15) is 11.8 Å². The largest absolute Gasteiger partial charge is 0.329 e. The van der Waals surface area contributed by atoms with Crippen molar-refractivity contribution in [2.75, 3.05) is 35.2 Å². The molecule has 2 heterocycles. The normalized spacial score (nSPS) is 21.5. The SMILES string of the molecule is CCNC(C)c1csc(N2CCSCC2S(=O)(=O)CC)n1. The van der Waals surface area contributed by atoms with Gasteiger partial charge in [-0.15, -0.1) is 11.3 Å². The Hall–Kier alpha value is -0.310. The molecule has 1 aromatic heterocycles. The molecule has 0 spiro atoms. The van der Waals surface area contributed by atoms with Gasteiger partial charge in [-0.3, -0.25) is 0 Å². The Balaban J connectivity index is 2.22. The first-order valence-electron chi connectivity index (χ1n) is 7.24. The Kier molecular flexibility index (Phi) is 5.93. The molecular formula is C13H23N3O2S3. The summed E-state index contributed by atoms with van der Waals surface area (Å²) in [5, 5.41) is 5.76. The Morgan fingerprint density at radius 3 is 2.95 bits per heavy atom. The Labute approximate surface area is 135 Å². The first-order chi connectivity index (χ1) is 9.99. The lowest BCUT2D eigenvalue weighted by atomic mass is 10.3. The summed E-state index contributed by atoms with van der Waals surface area (Å²) in [6, 6.07) is 0.195. The van der Waals surface area contributed by atoms with Crippen LogP contribution >= 0.6 is 23.1 Å². The number of sulfone groups is 1. The van der Waals surface area contributed by atoms with Crippen LogP contribution in [0.3, 0.4) is 0 Å². The number of nitrogens with zero attached hydrogens (tertiary/aromatic N) is 2. The van der Waals surface area contributed by atoms with Gasteiger partial charge in [0, 0.05) is 35.2 Å². The molecule has 1 fully saturated rings. The van der Waals surface area contributed by atoms with Crippen molar-refractivity contribution in [1.82, 2.24) is 10.3 Å². The van der Waals surface area contributed by atoms with E-state index < -0.39 is 15.2 Å². The Morgan fingerprint density at radius 2 is 2.29 bits per heavy atom. The topological polar surface area (TPSA) is 62.3 Å². The van der Waals surface area contributed by atoms with Crippen molar-refractivity contribution >= 4 is 38.1 Å². The number of aromatic nitrogens is 1. The highest BCUT2D eigenvalue weighted by Crippen LogP contribution is 2.31. The molecule has 2 atom stereocenters. The summed E-state index contributed by atoms with van der Waals surface area (Å²) < 4.78 is 24.6. The maximum absolute atomic E-state index is 12.3. The van der Waals surface area contributed by atoms with Crippen LogP contribution in [0.5, 0.6) is 0 Å². The molecule has 120 valence electrons. The minimum absolute atomic E-state index is 0.181. The number of nitrogens with one attached hydrogen (secondary N) is 1. The van der Waals surface area contributed by atoms with E-state index >= 15 is 0 Å². The van der Waals surface area contributed by atoms with E-state index in [1.165, 1.54) is 0 Å². The second kappa shape index (κ2) is 7.30. The van der Waals surface area contributed by atoms with E-state index in [0.717, 1.165) is 29.7 Å². The van der Waals surface area contributed by atoms with Crippen molar-refractivity contribution in [3.8, 4) is 0 Å². The fourth-order valence-corrected chi connectivity index (χ4v) is 6.34. The minimum atomic E-state index is -3.08. The zero-order valence-corrected chi connectivity index (χ0v) is 15.2. The quantitative estimate of drug-likeness (QED) is 0.849. The van der Waals surface area contributed by atoms with E-state index in [1.807, 2.05) is 10.3 Å². The molecule has 0 saturated carbocycles. The fourth-order valence-electron chi connectivity index (χ4n) is 2.31. The second-order valence-corrected chi connectivity index (χ2v) is 9.44. The average Bonchev–Trinajstić information content (AvgIpc) is 2.97. The number of hydrogen-bond acceptors (Lipinski definition) is 7. The summed E-state index contributed by atoms with van der Waals surface area (Å²) in [7, 11) is -3.08. The van der Waals surface area contributed by atoms with Gasteiger partial charge < -0.3 is 10.2 Å². The van der Waals surface area contributed by atoms with Crippen LogP contribution in [0.2, 0.25) is 0 Å². The molecule has 1 N–H and O–H groups in total. The van der Waals surface area contributed by atoms with Crippen LogP contribution in [0.1, 0.15) is 32.5 Å². The number of rotatable bonds is 6. The van der Waals surface area contributed by atoms with E-state index in [9.17, 15) is 8.42 Å². The molecule has 2 unspecified atom stereocenters. The Morgan fingerprint density at radius 1 is 1.52 bits per heavy atom. The molecular weight excluding hydrogens is 326 g/mol. The monoisotopic (exact) mass is 349 g/mol. The van der Waals surface area contributed by atoms with E-state index in [1.54, 1.807) is 30.0 Å². The van der Waals surface area contributed by atoms with Gasteiger partial charge in [-0.25, -0.2) is 13.4 Å². The molecule has 0 aromatic carbocycles. The first-order valence-corrected chi connectivity index (χ1v) is 11.0. The predicted octanol–water partition coefficient (Wildman–Crippen LogP) is 2.13. The fraction of sp³-hybridized carbons (Fsp3) is 0.769. The van der Waals surface area contributed by atoms with Gasteiger partial charge in [-0.1, -0.05) is 13.8 Å². The molecule has 0 aliphatic carbocycles. The number of thioether (sulfide) groups is 1. The van der Waals surface area contributed by atoms with Crippen LogP contribution in [-0.4, -0.2) is 49.1 Å². The van der Waals surface area contributed by atoms with Crippen LogP contribution in [-0.2, 0) is 9.84 Å². The Bertz CT molecular complexity index is 559. The van der Waals surface area contributed by atoms with Crippen molar-refractivity contribution in [1.29, 1.82) is 0 Å². The van der Waals surface area contributed by atoms with Crippen LogP contribution in [0, 0.1) is 0 Å². The summed E-state index contributed by atoms with van der Waals surface area (Å²) in [4.78, 5) is 6.63. The standard InChI is InChI=1S/C13H23N3O2S3/c1-4-14-10(3)11-8-20-13(15-11)16-6-7-19-9-12(16)21(17,18)5-2/h8,10,12,14H,4-7,9H2,1-3H3. The summed E-state index contributed by atoms with van der Waals surface area (Å²) in [6.45, 7) is 7.50. The molecule has 0 amide bonds. The zero-order valence-electron chi connectivity index (χ0n) is 12.7. The summed E-state index contributed by atoms with van der Waals surface area (Å²) in [5.41, 5.74) is 0.989. The van der Waals surface area contributed by atoms with Crippen LogP contribution in [0.15, 0.2) is 5.38 Å². The highest BCUT2D eigenvalue weighted by molar-refractivity contribution is 8.01. The number of hydrogen-bond donors (Lipinski definition) is 1. The maximum atomic E-state index is 12.3. The lowest BCUT2D eigenvalue weighted by molar-refractivity contribution is 0.576. The molecule has 0 radical (unpaired) electrons. The van der Waals surface area contributed by atoms with Gasteiger partial charge in [0.1, 0.15) is 5.37 Å². The van der Waals surface area contributed by atoms with Gasteiger partial charge in [-0.05, 0) is 13.5 Å². The molecule has 1 aliphatic rings. The average molecular weight is 350 g/mol. The third-order valence-electron chi connectivity index (χ3n) is 3.61. The molecule has 21 heavy (non-hydrogen) atoms. The van der Waals surface area contributed by atoms with Gasteiger partial charge in [0.25, 0.3) is 0 Å². The third-order valence-corrected chi connectivity index (χ3v) is 7.80. The molecule has 8 heteroatoms. The summed E-state index contributed by atoms with van der Waals surface area (Å²) >= 11 is 3.25. The van der Waals surface area contributed by atoms with Crippen molar-refractivity contribution in [2.24, 2.45) is 0 Å². The van der Waals surface area contributed by atoms with E-state index in [-0.39, 0.29) is 11.8 Å². The van der Waals surface area contributed by atoms with E-state index in [4.69, 9.17) is 0 Å². The number of thiazole rings is 1. The molecule has 1 aromatic rings. The van der Waals surface area contributed by atoms with Crippen molar-refractivity contribution in [3.05, 3.63) is 11.1 Å².